The molecule has 0 aliphatic heterocycles. The number of likely N-dealkylation sites (N-methyl/N-ethyl adjacent to an activating group) is 1. The van der Waals surface area contributed by atoms with Crippen molar-refractivity contribution in [3.63, 3.8) is 0 Å². The first-order valence-corrected chi connectivity index (χ1v) is 7.68. The molecule has 1 rings (SSSR count). The number of carbonyl (C=O) groups excluding carboxylic acids is 1. The third-order valence-corrected chi connectivity index (χ3v) is 4.14. The Morgan fingerprint density at radius 1 is 1.38 bits per heavy atom. The first kappa shape index (κ1) is 16.7. The van der Waals surface area contributed by atoms with Crippen LogP contribution in [-0.2, 0) is 19.4 Å². The molecular formula is C14H16N2O4S. The summed E-state index contributed by atoms with van der Waals surface area (Å²) in [5, 5.41) is 9.07. The molecule has 0 fully saturated rings. The Hall–Kier alpha value is -2.33. The van der Waals surface area contributed by atoms with E-state index in [1.165, 1.54) is 24.1 Å². The standard InChI is InChI=1S/C14H16N2O4S/c1-3-20-14(17)11-16(2)10-13(9-15)21(18,19)12-7-5-4-6-8-12/h4-8,10H,3,11H2,1-2H3. The summed E-state index contributed by atoms with van der Waals surface area (Å²) in [5.41, 5.74) is 0. The summed E-state index contributed by atoms with van der Waals surface area (Å²) in [6.07, 6.45) is 1.12. The molecule has 0 heterocycles. The van der Waals surface area contributed by atoms with E-state index in [0.717, 1.165) is 6.20 Å². The second-order valence-electron chi connectivity index (χ2n) is 4.14. The van der Waals surface area contributed by atoms with Crippen molar-refractivity contribution < 1.29 is 17.9 Å². The zero-order chi connectivity index (χ0) is 15.9. The van der Waals surface area contributed by atoms with Gasteiger partial charge in [-0.05, 0) is 19.1 Å². The maximum Gasteiger partial charge on any atom is 0.325 e. The fourth-order valence-electron chi connectivity index (χ4n) is 1.54. The van der Waals surface area contributed by atoms with Crippen molar-refractivity contribution in [1.82, 2.24) is 4.90 Å². The molecule has 7 heteroatoms. The Morgan fingerprint density at radius 3 is 2.52 bits per heavy atom. The van der Waals surface area contributed by atoms with E-state index in [2.05, 4.69) is 0 Å². The average Bonchev–Trinajstić information content (AvgIpc) is 2.45. The second-order valence-corrected chi connectivity index (χ2v) is 6.06. The Labute approximate surface area is 124 Å². The SMILES string of the molecule is CCOC(=O)CN(C)C=C(C#N)S(=O)(=O)c1ccccc1. The normalized spacial score (nSPS) is 11.6. The van der Waals surface area contributed by atoms with Crippen LogP contribution in [0.1, 0.15) is 6.92 Å². The average molecular weight is 308 g/mol. The van der Waals surface area contributed by atoms with Gasteiger partial charge in [-0.3, -0.25) is 4.79 Å². The summed E-state index contributed by atoms with van der Waals surface area (Å²) < 4.78 is 29.3. The van der Waals surface area contributed by atoms with Gasteiger partial charge in [0.25, 0.3) is 0 Å². The third-order valence-electron chi connectivity index (χ3n) is 2.47. The minimum Gasteiger partial charge on any atom is -0.465 e. The van der Waals surface area contributed by atoms with Gasteiger partial charge in [0.2, 0.25) is 9.84 Å². The van der Waals surface area contributed by atoms with Gasteiger partial charge in [-0.25, -0.2) is 8.42 Å². The summed E-state index contributed by atoms with van der Waals surface area (Å²) in [5.74, 6) is -0.495. The van der Waals surface area contributed by atoms with Crippen molar-refractivity contribution in [3.8, 4) is 6.07 Å². The van der Waals surface area contributed by atoms with E-state index in [1.54, 1.807) is 31.2 Å². The second kappa shape index (κ2) is 7.45. The van der Waals surface area contributed by atoms with Crippen LogP contribution in [0.15, 0.2) is 46.3 Å². The lowest BCUT2D eigenvalue weighted by molar-refractivity contribution is -0.143. The summed E-state index contributed by atoms with van der Waals surface area (Å²) in [7, 11) is -2.39. The maximum absolute atomic E-state index is 12.3. The Morgan fingerprint density at radius 2 is 2.00 bits per heavy atom. The number of nitriles is 1. The molecule has 1 aromatic rings. The summed E-state index contributed by atoms with van der Waals surface area (Å²) in [4.78, 5) is 12.2. The smallest absolute Gasteiger partial charge is 0.325 e. The van der Waals surface area contributed by atoms with Crippen molar-refractivity contribution in [3.05, 3.63) is 41.4 Å². The monoisotopic (exact) mass is 308 g/mol. The number of nitrogens with zero attached hydrogens (tertiary/aromatic N) is 2. The molecule has 0 N–H and O–H groups in total. The molecule has 0 amide bonds. The lowest BCUT2D eigenvalue weighted by Crippen LogP contribution is -2.24. The van der Waals surface area contributed by atoms with Crippen LogP contribution >= 0.6 is 0 Å². The van der Waals surface area contributed by atoms with Gasteiger partial charge < -0.3 is 9.64 Å². The van der Waals surface area contributed by atoms with E-state index in [9.17, 15) is 13.2 Å². The summed E-state index contributed by atoms with van der Waals surface area (Å²) in [6.45, 7) is 1.78. The van der Waals surface area contributed by atoms with Crippen molar-refractivity contribution in [2.45, 2.75) is 11.8 Å². The lowest BCUT2D eigenvalue weighted by Gasteiger charge is -2.13. The Bertz CT molecular complexity index is 660. The number of hydrogen-bond acceptors (Lipinski definition) is 6. The van der Waals surface area contributed by atoms with Gasteiger partial charge in [0.1, 0.15) is 12.6 Å². The molecule has 6 nitrogen and oxygen atoms in total. The van der Waals surface area contributed by atoms with Crippen LogP contribution < -0.4 is 0 Å². The van der Waals surface area contributed by atoms with Gasteiger partial charge in [-0.2, -0.15) is 5.26 Å². The molecule has 112 valence electrons. The largest absolute Gasteiger partial charge is 0.465 e. The minimum absolute atomic E-state index is 0.0299. The molecule has 0 aliphatic carbocycles. The molecule has 1 aromatic carbocycles. The lowest BCUT2D eigenvalue weighted by atomic mass is 10.4. The number of hydrogen-bond donors (Lipinski definition) is 0. The van der Waals surface area contributed by atoms with Gasteiger partial charge in [0, 0.05) is 13.2 Å². The first-order chi connectivity index (χ1) is 9.91. The third kappa shape index (κ3) is 4.61. The van der Waals surface area contributed by atoms with Gasteiger partial charge in [0.05, 0.1) is 11.5 Å². The fourth-order valence-corrected chi connectivity index (χ4v) is 2.75. The molecule has 0 unspecified atom stereocenters. The Kier molecular flexibility index (Phi) is 5.93. The highest BCUT2D eigenvalue weighted by molar-refractivity contribution is 7.95. The van der Waals surface area contributed by atoms with Crippen molar-refractivity contribution in [2.75, 3.05) is 20.2 Å². The predicted octanol–water partition coefficient (Wildman–Crippen LogP) is 1.32. The van der Waals surface area contributed by atoms with E-state index >= 15 is 0 Å². The number of esters is 1. The van der Waals surface area contributed by atoms with Gasteiger partial charge >= 0.3 is 5.97 Å². The fraction of sp³-hybridized carbons (Fsp3) is 0.286. The minimum atomic E-state index is -3.89. The van der Waals surface area contributed by atoms with E-state index < -0.39 is 20.7 Å². The maximum atomic E-state index is 12.3. The molecule has 0 saturated carbocycles. The summed E-state index contributed by atoms with van der Waals surface area (Å²) in [6, 6.07) is 9.30. The van der Waals surface area contributed by atoms with Crippen LogP contribution in [0.4, 0.5) is 0 Å². The zero-order valence-electron chi connectivity index (χ0n) is 11.8. The van der Waals surface area contributed by atoms with Crippen molar-refractivity contribution >= 4 is 15.8 Å². The van der Waals surface area contributed by atoms with Gasteiger partial charge in [0.15, 0.2) is 4.91 Å². The van der Waals surface area contributed by atoms with Crippen LogP contribution in [0.3, 0.4) is 0 Å². The molecule has 0 spiro atoms. The zero-order valence-corrected chi connectivity index (χ0v) is 12.6. The highest BCUT2D eigenvalue weighted by Gasteiger charge is 2.21. The molecule has 21 heavy (non-hydrogen) atoms. The van der Waals surface area contributed by atoms with Crippen LogP contribution in [0.5, 0.6) is 0 Å². The number of carbonyl (C=O) groups is 1. The molecular weight excluding hydrogens is 292 g/mol. The van der Waals surface area contributed by atoms with Crippen LogP contribution in [-0.4, -0.2) is 39.5 Å². The predicted molar refractivity (Wildman–Crippen MR) is 76.6 cm³/mol. The topological polar surface area (TPSA) is 87.5 Å². The van der Waals surface area contributed by atoms with E-state index in [-0.39, 0.29) is 18.0 Å². The molecule has 0 saturated heterocycles. The number of ether oxygens (including phenoxy) is 1. The quantitative estimate of drug-likeness (QED) is 0.582. The van der Waals surface area contributed by atoms with Crippen molar-refractivity contribution in [2.24, 2.45) is 0 Å². The van der Waals surface area contributed by atoms with Crippen LogP contribution in [0.25, 0.3) is 0 Å². The molecule has 0 radical (unpaired) electrons. The van der Waals surface area contributed by atoms with E-state index in [0.29, 0.717) is 0 Å². The number of allylic oxidation sites excluding steroid dienone is 1. The number of rotatable bonds is 6. The highest BCUT2D eigenvalue weighted by Crippen LogP contribution is 2.18. The molecule has 0 bridgehead atoms. The molecule has 0 aromatic heterocycles. The summed E-state index contributed by atoms with van der Waals surface area (Å²) >= 11 is 0. The van der Waals surface area contributed by atoms with E-state index in [1.807, 2.05) is 0 Å². The van der Waals surface area contributed by atoms with Crippen LogP contribution in [0, 0.1) is 11.3 Å². The van der Waals surface area contributed by atoms with Gasteiger partial charge in [-0.1, -0.05) is 18.2 Å². The van der Waals surface area contributed by atoms with Crippen molar-refractivity contribution in [1.29, 1.82) is 5.26 Å². The van der Waals surface area contributed by atoms with Crippen LogP contribution in [0.2, 0.25) is 0 Å². The van der Waals surface area contributed by atoms with Gasteiger partial charge in [-0.15, -0.1) is 0 Å². The number of sulfone groups is 1. The Balaban J connectivity index is 3.00. The molecule has 0 atom stereocenters. The first-order valence-electron chi connectivity index (χ1n) is 6.19. The highest BCUT2D eigenvalue weighted by atomic mass is 32.2. The van der Waals surface area contributed by atoms with E-state index in [4.69, 9.17) is 10.00 Å². The number of benzene rings is 1. The molecule has 0 aliphatic rings.